The molecule has 2 aromatic heterocycles. The third kappa shape index (κ3) is 2.88. The van der Waals surface area contributed by atoms with Gasteiger partial charge in [0, 0.05) is 23.5 Å². The van der Waals surface area contributed by atoms with Gasteiger partial charge in [0.05, 0.1) is 11.4 Å². The molecule has 7 rings (SSSR count). The van der Waals surface area contributed by atoms with Crippen LogP contribution in [0, 0.1) is 0 Å². The quantitative estimate of drug-likeness (QED) is 0.205. The molecule has 0 fully saturated rings. The lowest BCUT2D eigenvalue weighted by Crippen LogP contribution is -2.49. The lowest BCUT2D eigenvalue weighted by atomic mass is 9.87. The van der Waals surface area contributed by atoms with Crippen molar-refractivity contribution in [2.45, 2.75) is 13.1 Å². The fourth-order valence-corrected chi connectivity index (χ4v) is 9.02. The van der Waals surface area contributed by atoms with Crippen LogP contribution in [0.1, 0.15) is 0 Å². The van der Waals surface area contributed by atoms with Crippen molar-refractivity contribution in [2.24, 2.45) is 0 Å². The first-order chi connectivity index (χ1) is 17.1. The summed E-state index contributed by atoms with van der Waals surface area (Å²) < 4.78 is 0. The Morgan fingerprint density at radius 1 is 0.486 bits per heavy atom. The molecule has 0 saturated carbocycles. The number of hydrogen-bond donors (Lipinski definition) is 0. The Morgan fingerprint density at radius 2 is 1.03 bits per heavy atom. The molecular formula is C32H24N2Si. The molecular weight excluding hydrogens is 440 g/mol. The summed E-state index contributed by atoms with van der Waals surface area (Å²) >= 11 is 0. The van der Waals surface area contributed by atoms with E-state index in [2.05, 4.69) is 98.0 Å². The zero-order valence-electron chi connectivity index (χ0n) is 19.8. The van der Waals surface area contributed by atoms with Crippen LogP contribution in [-0.4, -0.2) is 18.0 Å². The SMILES string of the molecule is C[Si]1(C)c2ccccc2-c2cc3c(-c4ccccn4)c4ccccc4c(-c4ccccn4)c3cc21. The van der Waals surface area contributed by atoms with E-state index in [1.165, 1.54) is 54.2 Å². The Kier molecular flexibility index (Phi) is 4.33. The van der Waals surface area contributed by atoms with E-state index < -0.39 is 8.07 Å². The monoisotopic (exact) mass is 464 g/mol. The molecule has 3 heterocycles. The van der Waals surface area contributed by atoms with E-state index in [9.17, 15) is 0 Å². The molecule has 0 aliphatic carbocycles. The van der Waals surface area contributed by atoms with E-state index in [1.54, 1.807) is 0 Å². The molecule has 0 atom stereocenters. The summed E-state index contributed by atoms with van der Waals surface area (Å²) in [5.41, 5.74) is 7.19. The molecule has 166 valence electrons. The summed E-state index contributed by atoms with van der Waals surface area (Å²) in [4.78, 5) is 9.63. The maximum Gasteiger partial charge on any atom is 0.113 e. The molecule has 1 aliphatic heterocycles. The van der Waals surface area contributed by atoms with Crippen molar-refractivity contribution in [1.29, 1.82) is 0 Å². The third-order valence-electron chi connectivity index (χ3n) is 7.57. The zero-order chi connectivity index (χ0) is 23.6. The van der Waals surface area contributed by atoms with E-state index in [-0.39, 0.29) is 0 Å². The Morgan fingerprint density at radius 3 is 1.63 bits per heavy atom. The molecule has 6 aromatic rings. The Labute approximate surface area is 206 Å². The van der Waals surface area contributed by atoms with Crippen molar-refractivity contribution < 1.29 is 0 Å². The van der Waals surface area contributed by atoms with Crippen molar-refractivity contribution in [3.63, 3.8) is 0 Å². The minimum Gasteiger partial charge on any atom is -0.256 e. The second-order valence-electron chi connectivity index (χ2n) is 9.84. The highest BCUT2D eigenvalue weighted by atomic mass is 28.3. The van der Waals surface area contributed by atoms with Crippen molar-refractivity contribution in [2.75, 3.05) is 0 Å². The van der Waals surface area contributed by atoms with Crippen LogP contribution in [0.3, 0.4) is 0 Å². The van der Waals surface area contributed by atoms with Crippen LogP contribution in [0.5, 0.6) is 0 Å². The van der Waals surface area contributed by atoms with Crippen molar-refractivity contribution in [1.82, 2.24) is 9.97 Å². The average molecular weight is 465 g/mol. The van der Waals surface area contributed by atoms with Gasteiger partial charge in [-0.1, -0.05) is 79.8 Å². The first-order valence-corrected chi connectivity index (χ1v) is 15.1. The van der Waals surface area contributed by atoms with E-state index in [1.807, 2.05) is 24.5 Å². The van der Waals surface area contributed by atoms with Gasteiger partial charge in [-0.25, -0.2) is 0 Å². The lowest BCUT2D eigenvalue weighted by Gasteiger charge is -2.21. The van der Waals surface area contributed by atoms with Gasteiger partial charge in [0.2, 0.25) is 0 Å². The Bertz CT molecular complexity index is 1760. The highest BCUT2D eigenvalue weighted by molar-refractivity contribution is 7.04. The average Bonchev–Trinajstić information content (AvgIpc) is 3.13. The van der Waals surface area contributed by atoms with Crippen LogP contribution in [0.15, 0.2) is 109 Å². The largest absolute Gasteiger partial charge is 0.256 e. The smallest absolute Gasteiger partial charge is 0.113 e. The predicted molar refractivity (Wildman–Crippen MR) is 150 cm³/mol. The van der Waals surface area contributed by atoms with Crippen LogP contribution in [0.2, 0.25) is 13.1 Å². The second kappa shape index (κ2) is 7.46. The molecule has 4 aromatic carbocycles. The van der Waals surface area contributed by atoms with E-state index in [0.717, 1.165) is 11.4 Å². The first kappa shape index (κ1) is 20.3. The highest BCUT2D eigenvalue weighted by Crippen LogP contribution is 2.44. The normalized spacial score (nSPS) is 13.7. The number of pyridine rings is 2. The van der Waals surface area contributed by atoms with E-state index in [4.69, 9.17) is 9.97 Å². The van der Waals surface area contributed by atoms with Crippen LogP contribution in [-0.2, 0) is 0 Å². The Hall–Kier alpha value is -4.08. The van der Waals surface area contributed by atoms with Crippen molar-refractivity contribution in [3.05, 3.63) is 109 Å². The molecule has 0 saturated heterocycles. The predicted octanol–water partition coefficient (Wildman–Crippen LogP) is 6.92. The molecule has 1 aliphatic rings. The number of fused-ring (bicyclic) bond motifs is 5. The standard InChI is InChI=1S/C32H24N2Si/c1-35(2)29-16-6-5-11-21(29)24-19-25-26(20-30(24)35)32(28-15-8-10-18-34-28)23-13-4-3-12-22(23)31(25)27-14-7-9-17-33-27/h3-20H,1-2H3. The van der Waals surface area contributed by atoms with Gasteiger partial charge in [0.25, 0.3) is 0 Å². The maximum absolute atomic E-state index is 4.82. The van der Waals surface area contributed by atoms with Gasteiger partial charge in [-0.05, 0) is 73.4 Å². The van der Waals surface area contributed by atoms with Crippen LogP contribution in [0.25, 0.3) is 55.2 Å². The number of nitrogens with zero attached hydrogens (tertiary/aromatic N) is 2. The van der Waals surface area contributed by atoms with Gasteiger partial charge in [0.1, 0.15) is 8.07 Å². The number of rotatable bonds is 2. The summed E-state index contributed by atoms with van der Waals surface area (Å²) in [6, 6.07) is 35.0. The number of aromatic nitrogens is 2. The lowest BCUT2D eigenvalue weighted by molar-refractivity contribution is 1.33. The van der Waals surface area contributed by atoms with Gasteiger partial charge in [-0.3, -0.25) is 9.97 Å². The van der Waals surface area contributed by atoms with Gasteiger partial charge in [0.15, 0.2) is 0 Å². The van der Waals surface area contributed by atoms with Gasteiger partial charge in [-0.15, -0.1) is 0 Å². The summed E-state index contributed by atoms with van der Waals surface area (Å²) in [6.07, 6.45) is 3.78. The molecule has 0 spiro atoms. The third-order valence-corrected chi connectivity index (χ3v) is 11.1. The summed E-state index contributed by atoms with van der Waals surface area (Å²) in [5.74, 6) is 0. The summed E-state index contributed by atoms with van der Waals surface area (Å²) in [5, 5.41) is 7.95. The molecule has 3 heteroatoms. The molecule has 35 heavy (non-hydrogen) atoms. The maximum atomic E-state index is 4.82. The van der Waals surface area contributed by atoms with Gasteiger partial charge >= 0.3 is 0 Å². The molecule has 2 nitrogen and oxygen atoms in total. The molecule has 0 N–H and O–H groups in total. The summed E-state index contributed by atoms with van der Waals surface area (Å²) in [6.45, 7) is 4.95. The zero-order valence-corrected chi connectivity index (χ0v) is 20.8. The Balaban J connectivity index is 1.72. The second-order valence-corrected chi connectivity index (χ2v) is 14.2. The van der Waals surface area contributed by atoms with Gasteiger partial charge in [-0.2, -0.15) is 0 Å². The number of benzene rings is 4. The topological polar surface area (TPSA) is 25.8 Å². The first-order valence-electron chi connectivity index (χ1n) is 12.1. The molecule has 0 unspecified atom stereocenters. The molecule has 0 radical (unpaired) electrons. The van der Waals surface area contributed by atoms with E-state index in [0.29, 0.717) is 0 Å². The van der Waals surface area contributed by atoms with Crippen molar-refractivity contribution >= 4 is 40.0 Å². The minimum absolute atomic E-state index is 1.00. The minimum atomic E-state index is -1.82. The highest BCUT2D eigenvalue weighted by Gasteiger charge is 2.38. The summed E-state index contributed by atoms with van der Waals surface area (Å²) in [7, 11) is -1.82. The number of hydrogen-bond acceptors (Lipinski definition) is 2. The van der Waals surface area contributed by atoms with Crippen LogP contribution in [0.4, 0.5) is 0 Å². The van der Waals surface area contributed by atoms with E-state index >= 15 is 0 Å². The molecule has 0 bridgehead atoms. The van der Waals surface area contributed by atoms with Crippen molar-refractivity contribution in [3.8, 4) is 33.6 Å². The molecule has 0 amide bonds. The van der Waals surface area contributed by atoms with Crippen LogP contribution < -0.4 is 10.4 Å². The van der Waals surface area contributed by atoms with Gasteiger partial charge < -0.3 is 0 Å². The van der Waals surface area contributed by atoms with Crippen LogP contribution >= 0.6 is 0 Å². The fourth-order valence-electron chi connectivity index (χ4n) is 5.94. The fraction of sp³-hybridized carbons (Fsp3) is 0.0625.